The Balaban J connectivity index is 1.69. The van der Waals surface area contributed by atoms with Gasteiger partial charge in [-0.2, -0.15) is 0 Å². The summed E-state index contributed by atoms with van der Waals surface area (Å²) in [6, 6.07) is 11.5. The summed E-state index contributed by atoms with van der Waals surface area (Å²) in [4.78, 5) is 2.66. The molecule has 1 aromatic rings. The smallest absolute Gasteiger partial charge is 0.0320 e. The highest BCUT2D eigenvalue weighted by atomic mass is 15.2. The van der Waals surface area contributed by atoms with Crippen LogP contribution in [0.4, 0.5) is 0 Å². The summed E-state index contributed by atoms with van der Waals surface area (Å²) in [5.74, 6) is 1.82. The molecule has 3 rings (SSSR count). The number of hydrogen-bond acceptors (Lipinski definition) is 2. The van der Waals surface area contributed by atoms with Gasteiger partial charge in [0.1, 0.15) is 0 Å². The fourth-order valence-electron chi connectivity index (χ4n) is 3.36. The predicted octanol–water partition coefficient (Wildman–Crippen LogP) is 2.29. The van der Waals surface area contributed by atoms with E-state index in [0.717, 1.165) is 11.8 Å². The van der Waals surface area contributed by atoms with Gasteiger partial charge in [-0.3, -0.25) is 4.90 Å². The van der Waals surface area contributed by atoms with Gasteiger partial charge in [-0.1, -0.05) is 30.3 Å². The molecule has 17 heavy (non-hydrogen) atoms. The third-order valence-corrected chi connectivity index (χ3v) is 4.57. The first kappa shape index (κ1) is 11.2. The van der Waals surface area contributed by atoms with Crippen molar-refractivity contribution in [1.82, 2.24) is 10.2 Å². The van der Waals surface area contributed by atoms with Crippen LogP contribution in [0, 0.1) is 11.8 Å². The molecule has 0 aromatic heterocycles. The van der Waals surface area contributed by atoms with Crippen LogP contribution in [-0.4, -0.2) is 31.1 Å². The molecule has 92 valence electrons. The fourth-order valence-corrected chi connectivity index (χ4v) is 3.36. The fraction of sp³-hybridized carbons (Fsp3) is 0.600. The molecule has 2 fully saturated rings. The average molecular weight is 230 g/mol. The highest BCUT2D eigenvalue weighted by Gasteiger charge is 2.34. The second-order valence-corrected chi connectivity index (χ2v) is 5.55. The van der Waals surface area contributed by atoms with Crippen LogP contribution >= 0.6 is 0 Å². The molecule has 2 aliphatic rings. The van der Waals surface area contributed by atoms with E-state index in [4.69, 9.17) is 0 Å². The monoisotopic (exact) mass is 230 g/mol. The van der Waals surface area contributed by atoms with Gasteiger partial charge < -0.3 is 5.32 Å². The van der Waals surface area contributed by atoms with Crippen LogP contribution in [0.1, 0.15) is 24.9 Å². The maximum atomic E-state index is 3.54. The van der Waals surface area contributed by atoms with Gasteiger partial charge in [-0.15, -0.1) is 0 Å². The van der Waals surface area contributed by atoms with Crippen molar-refractivity contribution in [3.05, 3.63) is 35.9 Å². The van der Waals surface area contributed by atoms with E-state index in [9.17, 15) is 0 Å². The van der Waals surface area contributed by atoms with Crippen LogP contribution in [0.25, 0.3) is 0 Å². The first-order chi connectivity index (χ1) is 8.34. The molecule has 0 radical (unpaired) electrons. The molecule has 2 saturated heterocycles. The Kier molecular flexibility index (Phi) is 3.17. The van der Waals surface area contributed by atoms with Crippen molar-refractivity contribution in [3.63, 3.8) is 0 Å². The van der Waals surface area contributed by atoms with Crippen LogP contribution in [-0.2, 0) is 0 Å². The van der Waals surface area contributed by atoms with E-state index >= 15 is 0 Å². The zero-order valence-electron chi connectivity index (χ0n) is 10.6. The van der Waals surface area contributed by atoms with Crippen LogP contribution < -0.4 is 5.32 Å². The van der Waals surface area contributed by atoms with Gasteiger partial charge in [-0.05, 0) is 50.4 Å². The van der Waals surface area contributed by atoms with E-state index in [-0.39, 0.29) is 0 Å². The zero-order valence-corrected chi connectivity index (χ0v) is 10.6. The Morgan fingerprint density at radius 2 is 1.94 bits per heavy atom. The predicted molar refractivity (Wildman–Crippen MR) is 70.9 cm³/mol. The molecule has 2 nitrogen and oxygen atoms in total. The molecule has 3 atom stereocenters. The molecule has 2 heteroatoms. The highest BCUT2D eigenvalue weighted by molar-refractivity contribution is 5.18. The normalized spacial score (nSPS) is 31.1. The summed E-state index contributed by atoms with van der Waals surface area (Å²) in [5.41, 5.74) is 1.46. The van der Waals surface area contributed by atoms with Gasteiger partial charge in [0.25, 0.3) is 0 Å². The minimum absolute atomic E-state index is 0.567. The minimum Gasteiger partial charge on any atom is -0.316 e. The molecule has 2 aliphatic heterocycles. The van der Waals surface area contributed by atoms with Gasteiger partial charge in [0.15, 0.2) is 0 Å². The molecule has 2 heterocycles. The lowest BCUT2D eigenvalue weighted by Crippen LogP contribution is -2.41. The van der Waals surface area contributed by atoms with Crippen molar-refractivity contribution in [2.24, 2.45) is 11.8 Å². The molecule has 0 bridgehead atoms. The Morgan fingerprint density at radius 3 is 2.76 bits per heavy atom. The maximum absolute atomic E-state index is 3.54. The van der Waals surface area contributed by atoms with Crippen LogP contribution in [0.2, 0.25) is 0 Å². The first-order valence-electron chi connectivity index (χ1n) is 6.84. The molecule has 1 aromatic carbocycles. The number of piperidine rings is 1. The number of benzene rings is 1. The maximum Gasteiger partial charge on any atom is 0.0320 e. The number of likely N-dealkylation sites (tertiary alicyclic amines) is 1. The Labute approximate surface area is 104 Å². The lowest BCUT2D eigenvalue weighted by atomic mass is 9.87. The summed E-state index contributed by atoms with van der Waals surface area (Å²) in [6.45, 7) is 7.35. The van der Waals surface area contributed by atoms with Crippen molar-refractivity contribution < 1.29 is 0 Å². The molecular weight excluding hydrogens is 208 g/mol. The van der Waals surface area contributed by atoms with Crippen molar-refractivity contribution in [2.75, 3.05) is 26.2 Å². The Hall–Kier alpha value is -0.860. The average Bonchev–Trinajstić information content (AvgIpc) is 2.86. The van der Waals surface area contributed by atoms with E-state index in [1.54, 1.807) is 0 Å². The largest absolute Gasteiger partial charge is 0.316 e. The topological polar surface area (TPSA) is 15.3 Å². The van der Waals surface area contributed by atoms with Gasteiger partial charge in [-0.25, -0.2) is 0 Å². The quantitative estimate of drug-likeness (QED) is 0.838. The van der Waals surface area contributed by atoms with Gasteiger partial charge in [0, 0.05) is 12.6 Å². The Bertz CT molecular complexity index is 362. The highest BCUT2D eigenvalue weighted by Crippen LogP contribution is 2.31. The first-order valence-corrected chi connectivity index (χ1v) is 6.84. The number of rotatable bonds is 2. The molecule has 0 saturated carbocycles. The summed E-state index contributed by atoms with van der Waals surface area (Å²) in [6.07, 6.45) is 1.37. The number of hydrogen-bond donors (Lipinski definition) is 1. The van der Waals surface area contributed by atoms with Crippen molar-refractivity contribution >= 4 is 0 Å². The SMILES string of the molecule is CC(c1ccccc1)N1CCC2CNCC2C1. The third-order valence-electron chi connectivity index (χ3n) is 4.57. The minimum atomic E-state index is 0.567. The number of nitrogens with zero attached hydrogens (tertiary/aromatic N) is 1. The van der Waals surface area contributed by atoms with Gasteiger partial charge in [0.2, 0.25) is 0 Å². The number of nitrogens with one attached hydrogen (secondary N) is 1. The molecule has 0 spiro atoms. The molecule has 1 N–H and O–H groups in total. The molecular formula is C15H22N2. The van der Waals surface area contributed by atoms with Crippen molar-refractivity contribution in [1.29, 1.82) is 0 Å². The number of fused-ring (bicyclic) bond motifs is 1. The standard InChI is InChI=1S/C15H22N2/c1-12(13-5-3-2-4-6-13)17-8-7-14-9-16-10-15(14)11-17/h2-6,12,14-16H,7-11H2,1H3. The summed E-state index contributed by atoms with van der Waals surface area (Å²) in [7, 11) is 0. The van der Waals surface area contributed by atoms with Crippen LogP contribution in [0.15, 0.2) is 30.3 Å². The Morgan fingerprint density at radius 1 is 1.18 bits per heavy atom. The van der Waals surface area contributed by atoms with E-state index in [2.05, 4.69) is 47.5 Å². The third kappa shape index (κ3) is 2.24. The second-order valence-electron chi connectivity index (χ2n) is 5.55. The zero-order chi connectivity index (χ0) is 11.7. The molecule has 0 amide bonds. The van der Waals surface area contributed by atoms with E-state index in [1.807, 2.05) is 0 Å². The van der Waals surface area contributed by atoms with Gasteiger partial charge in [0.05, 0.1) is 0 Å². The van der Waals surface area contributed by atoms with E-state index in [0.29, 0.717) is 6.04 Å². The molecule has 3 unspecified atom stereocenters. The lowest BCUT2D eigenvalue weighted by molar-refractivity contribution is 0.111. The summed E-state index contributed by atoms with van der Waals surface area (Å²) < 4.78 is 0. The second kappa shape index (κ2) is 4.79. The van der Waals surface area contributed by atoms with E-state index < -0.39 is 0 Å². The van der Waals surface area contributed by atoms with Crippen molar-refractivity contribution in [3.8, 4) is 0 Å². The van der Waals surface area contributed by atoms with Crippen LogP contribution in [0.5, 0.6) is 0 Å². The lowest BCUT2D eigenvalue weighted by Gasteiger charge is -2.38. The summed E-state index contributed by atoms with van der Waals surface area (Å²) >= 11 is 0. The molecule has 0 aliphatic carbocycles. The van der Waals surface area contributed by atoms with Crippen molar-refractivity contribution in [2.45, 2.75) is 19.4 Å². The summed E-state index contributed by atoms with van der Waals surface area (Å²) in [5, 5.41) is 3.54. The van der Waals surface area contributed by atoms with Crippen LogP contribution in [0.3, 0.4) is 0 Å². The van der Waals surface area contributed by atoms with E-state index in [1.165, 1.54) is 38.2 Å². The van der Waals surface area contributed by atoms with Gasteiger partial charge >= 0.3 is 0 Å².